The molecular weight excluding hydrogens is 258 g/mol. The summed E-state index contributed by atoms with van der Waals surface area (Å²) in [6, 6.07) is -0.0178. The molecule has 1 fully saturated rings. The maximum Gasteiger partial charge on any atom is 0.240 e. The molecule has 1 aliphatic rings. The summed E-state index contributed by atoms with van der Waals surface area (Å²) < 4.78 is 0. The number of piperazine rings is 1. The molecule has 0 radical (unpaired) electrons. The Balaban J connectivity index is 2.04. The van der Waals surface area contributed by atoms with Crippen LogP contribution in [0.15, 0.2) is 5.38 Å². The fraction of sp³-hybridized carbons (Fsp3) is 0.714. The number of aromatic nitrogens is 1. The molecule has 4 nitrogen and oxygen atoms in total. The topological polar surface area (TPSA) is 45.2 Å². The Labute approximate surface area is 119 Å². The lowest BCUT2D eigenvalue weighted by Gasteiger charge is -2.32. The van der Waals surface area contributed by atoms with Crippen molar-refractivity contribution in [2.45, 2.75) is 52.1 Å². The van der Waals surface area contributed by atoms with E-state index in [4.69, 9.17) is 0 Å². The Bertz CT molecular complexity index is 450. The minimum absolute atomic E-state index is 0.0178. The van der Waals surface area contributed by atoms with Crippen molar-refractivity contribution in [1.29, 1.82) is 0 Å². The van der Waals surface area contributed by atoms with Gasteiger partial charge in [0, 0.05) is 23.9 Å². The summed E-state index contributed by atoms with van der Waals surface area (Å²) in [7, 11) is 0. The van der Waals surface area contributed by atoms with Crippen LogP contribution in [0.1, 0.15) is 44.8 Å². The van der Waals surface area contributed by atoms with Gasteiger partial charge in [0.25, 0.3) is 0 Å². The number of nitrogens with one attached hydrogen (secondary N) is 1. The van der Waals surface area contributed by atoms with E-state index in [0.29, 0.717) is 6.54 Å². The third-order valence-electron chi connectivity index (χ3n) is 3.44. The van der Waals surface area contributed by atoms with Gasteiger partial charge in [0.15, 0.2) is 0 Å². The van der Waals surface area contributed by atoms with E-state index >= 15 is 0 Å². The normalized spacial score (nSPS) is 20.9. The van der Waals surface area contributed by atoms with Crippen molar-refractivity contribution in [2.24, 2.45) is 0 Å². The molecule has 1 saturated heterocycles. The summed E-state index contributed by atoms with van der Waals surface area (Å²) in [5, 5.41) is 6.40. The summed E-state index contributed by atoms with van der Waals surface area (Å²) >= 11 is 1.66. The van der Waals surface area contributed by atoms with E-state index in [9.17, 15) is 4.79 Å². The van der Waals surface area contributed by atoms with E-state index in [1.165, 1.54) is 0 Å². The van der Waals surface area contributed by atoms with Gasteiger partial charge in [0.2, 0.25) is 5.91 Å². The Hall–Kier alpha value is -0.940. The molecule has 0 aromatic carbocycles. The third-order valence-corrected chi connectivity index (χ3v) is 4.27. The molecule has 1 aromatic rings. The van der Waals surface area contributed by atoms with E-state index < -0.39 is 0 Å². The van der Waals surface area contributed by atoms with Crippen molar-refractivity contribution in [2.75, 3.05) is 13.1 Å². The molecule has 1 aliphatic heterocycles. The first-order chi connectivity index (χ1) is 8.91. The van der Waals surface area contributed by atoms with Gasteiger partial charge in [-0.05, 0) is 6.42 Å². The minimum atomic E-state index is -0.0178. The fourth-order valence-electron chi connectivity index (χ4n) is 2.16. The lowest BCUT2D eigenvalue weighted by molar-refractivity contribution is -0.136. The Kier molecular flexibility index (Phi) is 4.26. The van der Waals surface area contributed by atoms with Crippen LogP contribution in [0, 0.1) is 0 Å². The minimum Gasteiger partial charge on any atom is -0.333 e. The highest BCUT2D eigenvalue weighted by Crippen LogP contribution is 2.24. The average Bonchev–Trinajstić information content (AvgIpc) is 2.80. The molecule has 1 aromatic heterocycles. The first-order valence-corrected chi connectivity index (χ1v) is 7.77. The van der Waals surface area contributed by atoms with Crippen LogP contribution in [0.3, 0.4) is 0 Å². The lowest BCUT2D eigenvalue weighted by Crippen LogP contribution is -2.54. The average molecular weight is 281 g/mol. The molecule has 1 unspecified atom stereocenters. The monoisotopic (exact) mass is 281 g/mol. The van der Waals surface area contributed by atoms with E-state index in [-0.39, 0.29) is 17.4 Å². The highest BCUT2D eigenvalue weighted by atomic mass is 32.1. The van der Waals surface area contributed by atoms with Crippen molar-refractivity contribution in [1.82, 2.24) is 15.2 Å². The molecule has 1 N–H and O–H groups in total. The van der Waals surface area contributed by atoms with Crippen LogP contribution in [0.2, 0.25) is 0 Å². The quantitative estimate of drug-likeness (QED) is 0.923. The number of rotatable bonds is 3. The number of thiazole rings is 1. The molecule has 1 atom stereocenters. The number of nitrogens with zero attached hydrogens (tertiary/aromatic N) is 2. The zero-order valence-corrected chi connectivity index (χ0v) is 13.0. The van der Waals surface area contributed by atoms with E-state index in [1.807, 2.05) is 11.8 Å². The lowest BCUT2D eigenvalue weighted by atomic mass is 9.93. The van der Waals surface area contributed by atoms with Crippen LogP contribution in [0.25, 0.3) is 0 Å². The molecule has 2 rings (SSSR count). The SMILES string of the molecule is CCC1NCCN(Cc2nc(C(C)(C)C)cs2)C1=O. The molecule has 2 heterocycles. The second-order valence-electron chi connectivity index (χ2n) is 6.05. The zero-order valence-electron chi connectivity index (χ0n) is 12.2. The van der Waals surface area contributed by atoms with Gasteiger partial charge in [-0.25, -0.2) is 4.98 Å². The maximum absolute atomic E-state index is 12.2. The highest BCUT2D eigenvalue weighted by Gasteiger charge is 2.27. The van der Waals surface area contributed by atoms with Crippen molar-refractivity contribution >= 4 is 17.2 Å². The smallest absolute Gasteiger partial charge is 0.240 e. The zero-order chi connectivity index (χ0) is 14.0. The Morgan fingerprint density at radius 2 is 2.26 bits per heavy atom. The van der Waals surface area contributed by atoms with Crippen LogP contribution in [-0.4, -0.2) is 34.9 Å². The highest BCUT2D eigenvalue weighted by molar-refractivity contribution is 7.09. The van der Waals surface area contributed by atoms with Gasteiger partial charge in [-0.15, -0.1) is 11.3 Å². The number of carbonyl (C=O) groups is 1. The molecule has 0 aliphatic carbocycles. The number of hydrogen-bond donors (Lipinski definition) is 1. The molecule has 106 valence electrons. The predicted octanol–water partition coefficient (Wildman–Crippen LogP) is 2.15. The van der Waals surface area contributed by atoms with Crippen molar-refractivity contribution in [3.63, 3.8) is 0 Å². The van der Waals surface area contributed by atoms with Gasteiger partial charge in [-0.3, -0.25) is 4.79 Å². The van der Waals surface area contributed by atoms with Crippen molar-refractivity contribution in [3.05, 3.63) is 16.1 Å². The first-order valence-electron chi connectivity index (χ1n) is 6.89. The fourth-order valence-corrected chi connectivity index (χ4v) is 3.19. The van der Waals surface area contributed by atoms with Crippen LogP contribution in [0.5, 0.6) is 0 Å². The van der Waals surface area contributed by atoms with Gasteiger partial charge in [-0.1, -0.05) is 27.7 Å². The summed E-state index contributed by atoms with van der Waals surface area (Å²) in [4.78, 5) is 18.8. The van der Waals surface area contributed by atoms with Gasteiger partial charge in [0.05, 0.1) is 18.3 Å². The molecule has 0 spiro atoms. The standard InChI is InChI=1S/C14H23N3OS/c1-5-10-13(18)17(7-6-15-10)8-12-16-11(9-19-12)14(2,3)4/h9-10,15H,5-8H2,1-4H3. The molecule has 0 bridgehead atoms. The first kappa shape index (κ1) is 14.5. The summed E-state index contributed by atoms with van der Waals surface area (Å²) in [5.74, 6) is 0.209. The Morgan fingerprint density at radius 3 is 2.84 bits per heavy atom. The van der Waals surface area contributed by atoms with Crippen LogP contribution >= 0.6 is 11.3 Å². The summed E-state index contributed by atoms with van der Waals surface area (Å²) in [6.07, 6.45) is 0.848. The van der Waals surface area contributed by atoms with Crippen molar-refractivity contribution < 1.29 is 4.79 Å². The maximum atomic E-state index is 12.2. The van der Waals surface area contributed by atoms with Crippen molar-refractivity contribution in [3.8, 4) is 0 Å². The van der Waals surface area contributed by atoms with E-state index in [1.54, 1.807) is 11.3 Å². The molecule has 1 amide bonds. The number of amides is 1. The summed E-state index contributed by atoms with van der Waals surface area (Å²) in [5.41, 5.74) is 1.19. The third kappa shape index (κ3) is 3.34. The predicted molar refractivity (Wildman–Crippen MR) is 78.3 cm³/mol. The Morgan fingerprint density at radius 1 is 1.53 bits per heavy atom. The molecular formula is C14H23N3OS. The van der Waals surface area contributed by atoms with Crippen LogP contribution in [0.4, 0.5) is 0 Å². The van der Waals surface area contributed by atoms with Gasteiger partial charge in [0.1, 0.15) is 5.01 Å². The van der Waals surface area contributed by atoms with E-state index in [0.717, 1.165) is 30.2 Å². The largest absolute Gasteiger partial charge is 0.333 e. The van der Waals surface area contributed by atoms with Gasteiger partial charge >= 0.3 is 0 Å². The summed E-state index contributed by atoms with van der Waals surface area (Å²) in [6.45, 7) is 10.8. The number of carbonyl (C=O) groups excluding carboxylic acids is 1. The number of hydrogen-bond acceptors (Lipinski definition) is 4. The second-order valence-corrected chi connectivity index (χ2v) is 6.99. The van der Waals surface area contributed by atoms with Crippen LogP contribution in [-0.2, 0) is 16.8 Å². The molecule has 5 heteroatoms. The van der Waals surface area contributed by atoms with E-state index in [2.05, 4.69) is 36.5 Å². The van der Waals surface area contributed by atoms with Gasteiger partial charge < -0.3 is 10.2 Å². The van der Waals surface area contributed by atoms with Crippen LogP contribution < -0.4 is 5.32 Å². The van der Waals surface area contributed by atoms with Gasteiger partial charge in [-0.2, -0.15) is 0 Å². The second kappa shape index (κ2) is 5.59. The molecule has 19 heavy (non-hydrogen) atoms. The molecule has 0 saturated carbocycles.